The Hall–Kier alpha value is -3.78. The number of fused-ring (bicyclic) bond motifs is 2. The summed E-state index contributed by atoms with van der Waals surface area (Å²) in [5.74, 6) is -1.26. The second-order valence-corrected chi connectivity index (χ2v) is 11.2. The van der Waals surface area contributed by atoms with E-state index in [4.69, 9.17) is 0 Å². The van der Waals surface area contributed by atoms with E-state index >= 15 is 0 Å². The highest BCUT2D eigenvalue weighted by molar-refractivity contribution is 7.91. The lowest BCUT2D eigenvalue weighted by molar-refractivity contribution is 0.0950. The molecule has 2 amide bonds. The first-order valence-electron chi connectivity index (χ1n) is 12.4. The molecule has 3 aromatic carbocycles. The molecular formula is C29H27FN2O4S. The Morgan fingerprint density at radius 1 is 0.973 bits per heavy atom. The molecule has 1 aliphatic heterocycles. The van der Waals surface area contributed by atoms with E-state index in [0.29, 0.717) is 12.1 Å². The monoisotopic (exact) mass is 518 g/mol. The minimum Gasteiger partial charge on any atom is -0.352 e. The number of sulfone groups is 1. The van der Waals surface area contributed by atoms with Crippen LogP contribution in [0.3, 0.4) is 0 Å². The number of carbonyl (C=O) groups is 2. The predicted molar refractivity (Wildman–Crippen MR) is 139 cm³/mol. The van der Waals surface area contributed by atoms with Crippen molar-refractivity contribution in [2.75, 3.05) is 11.4 Å². The van der Waals surface area contributed by atoms with Gasteiger partial charge in [-0.15, -0.1) is 0 Å². The van der Waals surface area contributed by atoms with Crippen LogP contribution in [0.1, 0.15) is 58.4 Å². The van der Waals surface area contributed by atoms with Crippen LogP contribution in [-0.2, 0) is 16.4 Å². The number of benzene rings is 3. The molecule has 0 fully saturated rings. The van der Waals surface area contributed by atoms with Crippen molar-refractivity contribution in [2.45, 2.75) is 48.4 Å². The van der Waals surface area contributed by atoms with Gasteiger partial charge < -0.3 is 10.2 Å². The highest BCUT2D eigenvalue weighted by atomic mass is 32.2. The zero-order chi connectivity index (χ0) is 26.0. The molecule has 1 heterocycles. The predicted octanol–water partition coefficient (Wildman–Crippen LogP) is 5.44. The van der Waals surface area contributed by atoms with Crippen LogP contribution in [0, 0.1) is 5.82 Å². The van der Waals surface area contributed by atoms with Gasteiger partial charge in [-0.3, -0.25) is 9.59 Å². The summed E-state index contributed by atoms with van der Waals surface area (Å²) in [5.41, 5.74) is 2.39. The second-order valence-electron chi connectivity index (χ2n) is 9.31. The van der Waals surface area contributed by atoms with Crippen molar-refractivity contribution in [2.24, 2.45) is 0 Å². The summed E-state index contributed by atoms with van der Waals surface area (Å²) < 4.78 is 40.7. The number of nitrogens with zero attached hydrogens (tertiary/aromatic N) is 1. The molecule has 0 radical (unpaired) electrons. The number of allylic oxidation sites excluding steroid dienone is 1. The Morgan fingerprint density at radius 2 is 1.76 bits per heavy atom. The maximum absolute atomic E-state index is 13.7. The van der Waals surface area contributed by atoms with Gasteiger partial charge in [-0.2, -0.15) is 0 Å². The number of rotatable bonds is 6. The van der Waals surface area contributed by atoms with Crippen LogP contribution in [0.4, 0.5) is 10.1 Å². The molecule has 0 spiro atoms. The fourth-order valence-electron chi connectivity index (χ4n) is 4.85. The zero-order valence-electron chi connectivity index (χ0n) is 20.2. The molecular weight excluding hydrogens is 491 g/mol. The number of nitrogens with one attached hydrogen (secondary N) is 1. The van der Waals surface area contributed by atoms with Crippen LogP contribution in [0.2, 0.25) is 0 Å². The lowest BCUT2D eigenvalue weighted by Gasteiger charge is -2.23. The maximum Gasteiger partial charge on any atom is 0.259 e. The fraction of sp³-hybridized carbons (Fsp3) is 0.241. The van der Waals surface area contributed by atoms with Gasteiger partial charge in [-0.1, -0.05) is 35.9 Å². The van der Waals surface area contributed by atoms with Gasteiger partial charge in [0.1, 0.15) is 5.82 Å². The molecule has 0 saturated carbocycles. The molecule has 0 bridgehead atoms. The van der Waals surface area contributed by atoms with Crippen LogP contribution in [0.15, 0.2) is 88.2 Å². The quantitative estimate of drug-likeness (QED) is 0.441. The average Bonchev–Trinajstić information content (AvgIpc) is 2.98. The van der Waals surface area contributed by atoms with E-state index in [1.807, 2.05) is 0 Å². The highest BCUT2D eigenvalue weighted by Crippen LogP contribution is 2.38. The summed E-state index contributed by atoms with van der Waals surface area (Å²) in [7, 11) is -4.04. The second kappa shape index (κ2) is 10.3. The van der Waals surface area contributed by atoms with Crippen LogP contribution < -0.4 is 10.2 Å². The normalized spacial score (nSPS) is 16.3. The van der Waals surface area contributed by atoms with Gasteiger partial charge in [0.25, 0.3) is 11.8 Å². The first-order chi connectivity index (χ1) is 17.8. The van der Waals surface area contributed by atoms with Crippen molar-refractivity contribution >= 4 is 27.3 Å². The van der Waals surface area contributed by atoms with Crippen molar-refractivity contribution in [1.82, 2.24) is 5.32 Å². The molecule has 2 aliphatic rings. The van der Waals surface area contributed by atoms with Crippen molar-refractivity contribution < 1.29 is 22.4 Å². The Labute approximate surface area is 215 Å². The number of anilines is 1. The Morgan fingerprint density at radius 3 is 2.51 bits per heavy atom. The molecule has 6 nitrogen and oxygen atoms in total. The highest BCUT2D eigenvalue weighted by Gasteiger charge is 2.36. The van der Waals surface area contributed by atoms with Crippen LogP contribution >= 0.6 is 0 Å². The molecule has 0 atom stereocenters. The molecule has 0 unspecified atom stereocenters. The van der Waals surface area contributed by atoms with E-state index in [9.17, 15) is 22.4 Å². The molecule has 1 N–H and O–H groups in total. The van der Waals surface area contributed by atoms with E-state index < -0.39 is 21.6 Å². The summed E-state index contributed by atoms with van der Waals surface area (Å²) in [4.78, 5) is 27.9. The summed E-state index contributed by atoms with van der Waals surface area (Å²) in [6.07, 6.45) is 7.50. The third-order valence-electron chi connectivity index (χ3n) is 6.82. The number of amides is 2. The molecule has 1 aliphatic carbocycles. The first-order valence-corrected chi connectivity index (χ1v) is 13.8. The minimum atomic E-state index is -4.04. The Balaban J connectivity index is 1.51. The minimum absolute atomic E-state index is 0.00912. The molecule has 8 heteroatoms. The van der Waals surface area contributed by atoms with Crippen molar-refractivity contribution in [1.29, 1.82) is 0 Å². The van der Waals surface area contributed by atoms with E-state index in [1.165, 1.54) is 65.8 Å². The smallest absolute Gasteiger partial charge is 0.259 e. The van der Waals surface area contributed by atoms with Crippen LogP contribution in [-0.4, -0.2) is 26.8 Å². The molecule has 190 valence electrons. The number of hydrogen-bond donors (Lipinski definition) is 1. The molecule has 0 saturated heterocycles. The van der Waals surface area contributed by atoms with Gasteiger partial charge >= 0.3 is 0 Å². The third-order valence-corrected chi connectivity index (χ3v) is 8.68. The lowest BCUT2D eigenvalue weighted by atomic mass is 9.97. The Kier molecular flexibility index (Phi) is 6.93. The number of halogens is 1. The van der Waals surface area contributed by atoms with Crippen molar-refractivity contribution in [3.63, 3.8) is 0 Å². The van der Waals surface area contributed by atoms with Gasteiger partial charge in [0.15, 0.2) is 0 Å². The van der Waals surface area contributed by atoms with E-state index in [1.54, 1.807) is 24.3 Å². The number of carbonyl (C=O) groups excluding carboxylic acids is 2. The summed E-state index contributed by atoms with van der Waals surface area (Å²) in [6.45, 7) is 0.485. The van der Waals surface area contributed by atoms with Crippen LogP contribution in [0.25, 0.3) is 0 Å². The van der Waals surface area contributed by atoms with Gasteiger partial charge in [0.05, 0.1) is 27.6 Å². The van der Waals surface area contributed by atoms with E-state index in [0.717, 1.165) is 19.3 Å². The first kappa shape index (κ1) is 24.9. The van der Waals surface area contributed by atoms with E-state index in [-0.39, 0.29) is 39.1 Å². The van der Waals surface area contributed by atoms with Gasteiger partial charge in [0, 0.05) is 12.1 Å². The zero-order valence-corrected chi connectivity index (χ0v) is 21.1. The largest absolute Gasteiger partial charge is 0.352 e. The fourth-order valence-corrected chi connectivity index (χ4v) is 6.48. The van der Waals surface area contributed by atoms with Gasteiger partial charge in [0.2, 0.25) is 9.84 Å². The summed E-state index contributed by atoms with van der Waals surface area (Å²) >= 11 is 0. The molecule has 5 rings (SSSR count). The van der Waals surface area contributed by atoms with Gasteiger partial charge in [-0.05, 0) is 80.1 Å². The third kappa shape index (κ3) is 5.06. The van der Waals surface area contributed by atoms with Crippen molar-refractivity contribution in [3.8, 4) is 0 Å². The standard InChI is InChI=1S/C29H27FN2O4S/c30-23-13-10-21(11-14-23)19-32-25-18-22(28(33)31-17-16-20-6-2-1-3-7-20)12-15-27(25)37(35,36)26-9-5-4-8-24(26)29(32)34/h4-6,8-15,18H,1-3,7,16-17,19H2,(H,31,33). The topological polar surface area (TPSA) is 83.6 Å². The molecule has 3 aromatic rings. The Bertz CT molecular complexity index is 1500. The maximum atomic E-state index is 13.7. The summed E-state index contributed by atoms with van der Waals surface area (Å²) in [5, 5.41) is 2.91. The number of hydrogen-bond acceptors (Lipinski definition) is 4. The lowest BCUT2D eigenvalue weighted by Crippen LogP contribution is -2.31. The van der Waals surface area contributed by atoms with Gasteiger partial charge in [-0.25, -0.2) is 12.8 Å². The SMILES string of the molecule is O=C(NCCC1=CCCCC1)c1ccc2c(c1)N(Cc1ccc(F)cc1)C(=O)c1ccccc1S2(=O)=O. The van der Waals surface area contributed by atoms with Crippen LogP contribution in [0.5, 0.6) is 0 Å². The van der Waals surface area contributed by atoms with Crippen molar-refractivity contribution in [3.05, 3.63) is 101 Å². The molecule has 0 aromatic heterocycles. The van der Waals surface area contributed by atoms with E-state index in [2.05, 4.69) is 11.4 Å². The average molecular weight is 519 g/mol. The summed E-state index contributed by atoms with van der Waals surface area (Å²) in [6, 6.07) is 16.0. The molecule has 37 heavy (non-hydrogen) atoms.